The molecule has 1 aliphatic heterocycles. The lowest BCUT2D eigenvalue weighted by molar-refractivity contribution is 0.315. The molecule has 7 heteroatoms. The summed E-state index contributed by atoms with van der Waals surface area (Å²) in [5.74, 6) is 2.95. The number of benzene rings is 1. The zero-order valence-corrected chi connectivity index (χ0v) is 17.9. The van der Waals surface area contributed by atoms with Gasteiger partial charge in [0.2, 0.25) is 0 Å². The Hall–Kier alpha value is -1.95. The number of hydrogen-bond donors (Lipinski definition) is 0. The van der Waals surface area contributed by atoms with Gasteiger partial charge >= 0.3 is 0 Å². The smallest absolute Gasteiger partial charge is 0.151 e. The van der Waals surface area contributed by atoms with Gasteiger partial charge in [0.25, 0.3) is 0 Å². The summed E-state index contributed by atoms with van der Waals surface area (Å²) < 4.78 is 2.28. The average molecular weight is 428 g/mol. The van der Waals surface area contributed by atoms with Gasteiger partial charge in [0, 0.05) is 23.7 Å². The largest absolute Gasteiger partial charge is 0.295 e. The summed E-state index contributed by atoms with van der Waals surface area (Å²) >= 11 is 12.6. The number of pyridine rings is 1. The van der Waals surface area contributed by atoms with Crippen molar-refractivity contribution in [1.29, 1.82) is 0 Å². The van der Waals surface area contributed by atoms with Crippen molar-refractivity contribution in [3.63, 3.8) is 0 Å². The third kappa shape index (κ3) is 3.56. The Labute approximate surface area is 180 Å². The highest BCUT2D eigenvalue weighted by atomic mass is 35.5. The maximum atomic E-state index is 6.34. The van der Waals surface area contributed by atoms with Crippen molar-refractivity contribution in [2.75, 3.05) is 7.05 Å². The minimum Gasteiger partial charge on any atom is -0.295 e. The van der Waals surface area contributed by atoms with Gasteiger partial charge in [-0.05, 0) is 74.0 Å². The summed E-state index contributed by atoms with van der Waals surface area (Å²) in [6.07, 6.45) is 6.08. The van der Waals surface area contributed by atoms with Gasteiger partial charge in [-0.15, -0.1) is 10.2 Å². The first-order valence-corrected chi connectivity index (χ1v) is 10.9. The lowest BCUT2D eigenvalue weighted by Crippen LogP contribution is -2.17. The molecule has 0 amide bonds. The van der Waals surface area contributed by atoms with Gasteiger partial charge in [-0.1, -0.05) is 29.3 Å². The molecule has 0 unspecified atom stereocenters. The minimum atomic E-state index is 0.398. The van der Waals surface area contributed by atoms with Crippen molar-refractivity contribution in [2.45, 2.75) is 50.6 Å². The summed E-state index contributed by atoms with van der Waals surface area (Å²) in [6, 6.07) is 10.2. The quantitative estimate of drug-likeness (QED) is 0.516. The summed E-state index contributed by atoms with van der Waals surface area (Å²) in [5, 5.41) is 10.6. The molecule has 0 saturated heterocycles. The SMILES string of the molecule is CN1Cc2cc(Cl)ccc2-n2c(nnc2C2CCC(c3cccnc3Cl)CC2)C1. The maximum absolute atomic E-state index is 6.34. The van der Waals surface area contributed by atoms with Crippen LogP contribution in [0.25, 0.3) is 5.69 Å². The second-order valence-corrected chi connectivity index (χ2v) is 8.98. The molecule has 1 aliphatic carbocycles. The Morgan fingerprint density at radius 1 is 0.966 bits per heavy atom. The van der Waals surface area contributed by atoms with Gasteiger partial charge in [0.05, 0.1) is 12.2 Å². The first-order valence-electron chi connectivity index (χ1n) is 10.1. The summed E-state index contributed by atoms with van der Waals surface area (Å²) in [5.41, 5.74) is 3.55. The number of nitrogens with zero attached hydrogens (tertiary/aromatic N) is 5. The molecule has 29 heavy (non-hydrogen) atoms. The monoisotopic (exact) mass is 427 g/mol. The molecular formula is C22H23Cl2N5. The molecule has 0 N–H and O–H groups in total. The molecule has 1 saturated carbocycles. The van der Waals surface area contributed by atoms with Crippen molar-refractivity contribution < 1.29 is 0 Å². The number of aromatic nitrogens is 4. The van der Waals surface area contributed by atoms with Crippen LogP contribution in [-0.2, 0) is 13.1 Å². The van der Waals surface area contributed by atoms with Crippen molar-refractivity contribution in [3.8, 4) is 5.69 Å². The van der Waals surface area contributed by atoms with Crippen molar-refractivity contribution in [1.82, 2.24) is 24.6 Å². The van der Waals surface area contributed by atoms with Gasteiger partial charge in [-0.2, -0.15) is 0 Å². The molecule has 0 atom stereocenters. The molecule has 2 aliphatic rings. The highest BCUT2D eigenvalue weighted by Gasteiger charge is 2.31. The fourth-order valence-corrected chi connectivity index (χ4v) is 5.28. The standard InChI is InChI=1S/C22H23Cl2N5/c1-28-12-16-11-17(23)8-9-19(16)29-20(13-28)26-27-22(29)15-6-4-14(5-7-15)18-3-2-10-25-21(18)24/h2-3,8-11,14-15H,4-7,12-13H2,1H3. The van der Waals surface area contributed by atoms with Crippen molar-refractivity contribution in [2.24, 2.45) is 0 Å². The van der Waals surface area contributed by atoms with Gasteiger partial charge in [-0.25, -0.2) is 4.98 Å². The van der Waals surface area contributed by atoms with Gasteiger partial charge in [0.15, 0.2) is 5.82 Å². The first kappa shape index (κ1) is 19.0. The van der Waals surface area contributed by atoms with Crippen LogP contribution in [0.5, 0.6) is 0 Å². The lowest BCUT2D eigenvalue weighted by atomic mass is 9.78. The second-order valence-electron chi connectivity index (χ2n) is 8.19. The molecule has 0 spiro atoms. The first-order chi connectivity index (χ1) is 14.1. The number of hydrogen-bond acceptors (Lipinski definition) is 4. The van der Waals surface area contributed by atoms with Gasteiger partial charge < -0.3 is 0 Å². The van der Waals surface area contributed by atoms with E-state index >= 15 is 0 Å². The number of halogens is 2. The van der Waals surface area contributed by atoms with E-state index in [0.717, 1.165) is 61.1 Å². The second kappa shape index (κ2) is 7.71. The molecule has 3 aromatic rings. The van der Waals surface area contributed by atoms with Crippen LogP contribution in [0.15, 0.2) is 36.5 Å². The molecule has 1 fully saturated rings. The number of rotatable bonds is 2. The summed E-state index contributed by atoms with van der Waals surface area (Å²) in [7, 11) is 2.11. The van der Waals surface area contributed by atoms with E-state index in [-0.39, 0.29) is 0 Å². The van der Waals surface area contributed by atoms with E-state index in [1.165, 1.54) is 11.1 Å². The van der Waals surface area contributed by atoms with Crippen LogP contribution in [0, 0.1) is 0 Å². The Bertz CT molecular complexity index is 1040. The van der Waals surface area contributed by atoms with E-state index in [1.54, 1.807) is 6.20 Å². The lowest BCUT2D eigenvalue weighted by Gasteiger charge is -2.29. The predicted molar refractivity (Wildman–Crippen MR) is 115 cm³/mol. The molecule has 1 aromatic carbocycles. The molecule has 2 aromatic heterocycles. The zero-order chi connectivity index (χ0) is 20.0. The normalized spacial score (nSPS) is 22.0. The van der Waals surface area contributed by atoms with Crippen molar-refractivity contribution >= 4 is 23.2 Å². The van der Waals surface area contributed by atoms with Crippen molar-refractivity contribution in [3.05, 3.63) is 69.5 Å². The van der Waals surface area contributed by atoms with E-state index < -0.39 is 0 Å². The van der Waals surface area contributed by atoms with Crippen LogP contribution in [0.4, 0.5) is 0 Å². The molecular weight excluding hydrogens is 405 g/mol. The molecule has 5 rings (SSSR count). The number of fused-ring (bicyclic) bond motifs is 3. The third-order valence-electron chi connectivity index (χ3n) is 6.21. The Morgan fingerprint density at radius 3 is 2.55 bits per heavy atom. The highest BCUT2D eigenvalue weighted by molar-refractivity contribution is 6.30. The van der Waals surface area contributed by atoms with E-state index in [2.05, 4.69) is 49.9 Å². The highest BCUT2D eigenvalue weighted by Crippen LogP contribution is 2.42. The van der Waals surface area contributed by atoms with Crippen LogP contribution >= 0.6 is 23.2 Å². The Balaban J connectivity index is 1.45. The fraction of sp³-hybridized carbons (Fsp3) is 0.409. The zero-order valence-electron chi connectivity index (χ0n) is 16.4. The Kier molecular flexibility index (Phi) is 5.06. The summed E-state index contributed by atoms with van der Waals surface area (Å²) in [6.45, 7) is 1.63. The summed E-state index contributed by atoms with van der Waals surface area (Å²) in [4.78, 5) is 6.51. The van der Waals surface area contributed by atoms with Gasteiger partial charge in [0.1, 0.15) is 11.0 Å². The van der Waals surface area contributed by atoms with E-state index in [0.29, 0.717) is 17.0 Å². The maximum Gasteiger partial charge on any atom is 0.151 e. The van der Waals surface area contributed by atoms with E-state index in [4.69, 9.17) is 23.2 Å². The molecule has 3 heterocycles. The fourth-order valence-electron chi connectivity index (χ4n) is 4.81. The van der Waals surface area contributed by atoms with Crippen LogP contribution < -0.4 is 0 Å². The van der Waals surface area contributed by atoms with Gasteiger partial charge in [-0.3, -0.25) is 9.47 Å². The van der Waals surface area contributed by atoms with Crippen LogP contribution in [0.2, 0.25) is 10.2 Å². The van der Waals surface area contributed by atoms with E-state index in [9.17, 15) is 0 Å². The topological polar surface area (TPSA) is 46.8 Å². The predicted octanol–water partition coefficient (Wildman–Crippen LogP) is 5.36. The molecule has 5 nitrogen and oxygen atoms in total. The van der Waals surface area contributed by atoms with Crippen LogP contribution in [0.3, 0.4) is 0 Å². The van der Waals surface area contributed by atoms with Crippen LogP contribution in [0.1, 0.15) is 60.3 Å². The van der Waals surface area contributed by atoms with E-state index in [1.807, 2.05) is 12.1 Å². The molecule has 0 radical (unpaired) electrons. The minimum absolute atomic E-state index is 0.398. The third-order valence-corrected chi connectivity index (χ3v) is 6.76. The molecule has 150 valence electrons. The van der Waals surface area contributed by atoms with Crippen LogP contribution in [-0.4, -0.2) is 31.7 Å². The molecule has 0 bridgehead atoms. The average Bonchev–Trinajstić information content (AvgIpc) is 3.06. The Morgan fingerprint density at radius 2 is 1.76 bits per heavy atom.